The average molecular weight is 315 g/mol. The Morgan fingerprint density at radius 1 is 1.41 bits per heavy atom. The third-order valence-corrected chi connectivity index (χ3v) is 5.12. The Hall–Kier alpha value is -1.92. The van der Waals surface area contributed by atoms with E-state index in [4.69, 9.17) is 9.15 Å². The molecule has 3 aromatic heterocycles. The third kappa shape index (κ3) is 2.38. The predicted molar refractivity (Wildman–Crippen MR) is 86.4 cm³/mol. The fraction of sp³-hybridized carbons (Fsp3) is 0.375. The van der Waals surface area contributed by atoms with Crippen LogP contribution in [0.5, 0.6) is 0 Å². The summed E-state index contributed by atoms with van der Waals surface area (Å²) in [6.07, 6.45) is 4.33. The maximum atomic E-state index is 5.84. The summed E-state index contributed by atoms with van der Waals surface area (Å²) in [7, 11) is 0. The van der Waals surface area contributed by atoms with E-state index in [1.807, 2.05) is 12.1 Å². The molecule has 0 saturated carbocycles. The summed E-state index contributed by atoms with van der Waals surface area (Å²) in [5.41, 5.74) is 0. The van der Waals surface area contributed by atoms with E-state index in [1.165, 1.54) is 4.88 Å². The van der Waals surface area contributed by atoms with Crippen LogP contribution in [0.3, 0.4) is 0 Å². The van der Waals surface area contributed by atoms with Crippen molar-refractivity contribution < 1.29 is 9.15 Å². The molecule has 0 amide bonds. The number of anilines is 1. The minimum absolute atomic E-state index is 0.0435. The molecule has 1 saturated heterocycles. The molecule has 3 aromatic rings. The zero-order valence-corrected chi connectivity index (χ0v) is 13.2. The van der Waals surface area contributed by atoms with Crippen molar-refractivity contribution in [3.63, 3.8) is 0 Å². The average Bonchev–Trinajstić information content (AvgIpc) is 3.23. The van der Waals surface area contributed by atoms with E-state index < -0.39 is 0 Å². The minimum atomic E-state index is -0.0435. The fourth-order valence-electron chi connectivity index (χ4n) is 2.81. The van der Waals surface area contributed by atoms with Crippen molar-refractivity contribution >= 4 is 27.4 Å². The molecule has 1 atom stereocenters. The number of rotatable bonds is 3. The van der Waals surface area contributed by atoms with Gasteiger partial charge in [0.15, 0.2) is 0 Å². The van der Waals surface area contributed by atoms with E-state index in [9.17, 15) is 0 Å². The van der Waals surface area contributed by atoms with Crippen LogP contribution in [0.25, 0.3) is 10.2 Å². The van der Waals surface area contributed by atoms with Gasteiger partial charge in [-0.25, -0.2) is 9.97 Å². The molecule has 0 N–H and O–H groups in total. The van der Waals surface area contributed by atoms with Gasteiger partial charge in [0.25, 0.3) is 0 Å². The Kier molecular flexibility index (Phi) is 3.56. The van der Waals surface area contributed by atoms with Gasteiger partial charge in [-0.15, -0.1) is 11.3 Å². The monoisotopic (exact) mass is 315 g/mol. The van der Waals surface area contributed by atoms with Gasteiger partial charge >= 0.3 is 0 Å². The number of aryl methyl sites for hydroxylation is 1. The first-order chi connectivity index (χ1) is 10.8. The maximum absolute atomic E-state index is 5.84. The Morgan fingerprint density at radius 3 is 3.18 bits per heavy atom. The first kappa shape index (κ1) is 13.7. The molecule has 114 valence electrons. The molecule has 4 heterocycles. The molecule has 22 heavy (non-hydrogen) atoms. The number of thiophene rings is 1. The molecular weight excluding hydrogens is 298 g/mol. The molecule has 0 spiro atoms. The summed E-state index contributed by atoms with van der Waals surface area (Å²) in [5, 5.41) is 1.14. The van der Waals surface area contributed by atoms with Gasteiger partial charge in [-0.1, -0.05) is 6.92 Å². The standard InChI is InChI=1S/C16H17N3O2S/c1-2-11-8-12-15(17-10-18-16(12)22-11)19-5-7-21-14(9-19)13-4-3-6-20-13/h3-4,6,8,10,14H,2,5,7,9H2,1H3. The lowest BCUT2D eigenvalue weighted by atomic mass is 10.2. The largest absolute Gasteiger partial charge is 0.467 e. The van der Waals surface area contributed by atoms with Crippen molar-refractivity contribution in [2.75, 3.05) is 24.6 Å². The number of morpholine rings is 1. The second-order valence-electron chi connectivity index (χ2n) is 5.30. The van der Waals surface area contributed by atoms with Gasteiger partial charge < -0.3 is 14.1 Å². The highest BCUT2D eigenvalue weighted by atomic mass is 32.1. The molecule has 1 aliphatic rings. The molecule has 0 bridgehead atoms. The second-order valence-corrected chi connectivity index (χ2v) is 6.42. The molecule has 0 aliphatic carbocycles. The molecule has 1 unspecified atom stereocenters. The molecular formula is C16H17N3O2S. The molecule has 6 heteroatoms. The Labute approximate surface area is 132 Å². The van der Waals surface area contributed by atoms with Crippen molar-refractivity contribution in [3.8, 4) is 0 Å². The highest BCUT2D eigenvalue weighted by Gasteiger charge is 2.26. The van der Waals surface area contributed by atoms with E-state index in [0.29, 0.717) is 6.61 Å². The first-order valence-corrected chi connectivity index (χ1v) is 8.30. The van der Waals surface area contributed by atoms with E-state index in [2.05, 4.69) is 27.9 Å². The van der Waals surface area contributed by atoms with Crippen molar-refractivity contribution in [1.82, 2.24) is 9.97 Å². The van der Waals surface area contributed by atoms with Crippen LogP contribution in [0.4, 0.5) is 5.82 Å². The maximum Gasteiger partial charge on any atom is 0.140 e. The van der Waals surface area contributed by atoms with E-state index in [1.54, 1.807) is 23.9 Å². The number of hydrogen-bond acceptors (Lipinski definition) is 6. The van der Waals surface area contributed by atoms with Gasteiger partial charge in [-0.05, 0) is 24.6 Å². The lowest BCUT2D eigenvalue weighted by molar-refractivity contribution is 0.0256. The van der Waals surface area contributed by atoms with E-state index >= 15 is 0 Å². The molecule has 1 aliphatic heterocycles. The van der Waals surface area contributed by atoms with E-state index in [0.717, 1.165) is 41.3 Å². The minimum Gasteiger partial charge on any atom is -0.467 e. The van der Waals surface area contributed by atoms with Crippen molar-refractivity contribution in [2.24, 2.45) is 0 Å². The van der Waals surface area contributed by atoms with Crippen LogP contribution in [-0.4, -0.2) is 29.7 Å². The van der Waals surface area contributed by atoms with Crippen molar-refractivity contribution in [1.29, 1.82) is 0 Å². The van der Waals surface area contributed by atoms with Crippen molar-refractivity contribution in [3.05, 3.63) is 41.4 Å². The molecule has 4 rings (SSSR count). The number of nitrogens with zero attached hydrogens (tertiary/aromatic N) is 3. The van der Waals surface area contributed by atoms with Gasteiger partial charge in [-0.3, -0.25) is 0 Å². The number of ether oxygens (including phenoxy) is 1. The van der Waals surface area contributed by atoms with Crippen LogP contribution in [-0.2, 0) is 11.2 Å². The quantitative estimate of drug-likeness (QED) is 0.741. The summed E-state index contributed by atoms with van der Waals surface area (Å²) in [6, 6.07) is 6.07. The van der Waals surface area contributed by atoms with Gasteiger partial charge in [-0.2, -0.15) is 0 Å². The lowest BCUT2D eigenvalue weighted by Crippen LogP contribution is -2.38. The molecule has 0 radical (unpaired) electrons. The normalized spacial score (nSPS) is 19.0. The summed E-state index contributed by atoms with van der Waals surface area (Å²) in [5.74, 6) is 1.87. The fourth-order valence-corrected chi connectivity index (χ4v) is 3.74. The third-order valence-electron chi connectivity index (χ3n) is 3.93. The Morgan fingerprint density at radius 2 is 2.36 bits per heavy atom. The highest BCUT2D eigenvalue weighted by molar-refractivity contribution is 7.18. The zero-order chi connectivity index (χ0) is 14.9. The Bertz CT molecular complexity index is 769. The summed E-state index contributed by atoms with van der Waals surface area (Å²) < 4.78 is 11.3. The lowest BCUT2D eigenvalue weighted by Gasteiger charge is -2.33. The van der Waals surface area contributed by atoms with Crippen LogP contribution in [0.2, 0.25) is 0 Å². The smallest absolute Gasteiger partial charge is 0.140 e. The zero-order valence-electron chi connectivity index (χ0n) is 12.4. The number of fused-ring (bicyclic) bond motifs is 1. The van der Waals surface area contributed by atoms with Gasteiger partial charge in [0.05, 0.1) is 24.8 Å². The van der Waals surface area contributed by atoms with Crippen LogP contribution in [0.1, 0.15) is 23.7 Å². The summed E-state index contributed by atoms with van der Waals surface area (Å²) in [6.45, 7) is 4.42. The van der Waals surface area contributed by atoms with Gasteiger partial charge in [0, 0.05) is 11.4 Å². The predicted octanol–water partition coefficient (Wildman–Crippen LogP) is 3.42. The molecule has 0 aromatic carbocycles. The van der Waals surface area contributed by atoms with Crippen LogP contribution in [0, 0.1) is 0 Å². The number of furan rings is 1. The molecule has 1 fully saturated rings. The summed E-state index contributed by atoms with van der Waals surface area (Å²) in [4.78, 5) is 13.6. The number of aromatic nitrogens is 2. The Balaban J connectivity index is 1.67. The summed E-state index contributed by atoms with van der Waals surface area (Å²) >= 11 is 1.75. The van der Waals surface area contributed by atoms with Crippen LogP contribution < -0.4 is 4.90 Å². The first-order valence-electron chi connectivity index (χ1n) is 7.48. The number of hydrogen-bond donors (Lipinski definition) is 0. The van der Waals surface area contributed by atoms with Gasteiger partial charge in [0.2, 0.25) is 0 Å². The topological polar surface area (TPSA) is 51.4 Å². The van der Waals surface area contributed by atoms with Gasteiger partial charge in [0.1, 0.15) is 28.8 Å². The van der Waals surface area contributed by atoms with Crippen molar-refractivity contribution in [2.45, 2.75) is 19.4 Å². The second kappa shape index (κ2) is 5.70. The van der Waals surface area contributed by atoms with Crippen LogP contribution >= 0.6 is 11.3 Å². The van der Waals surface area contributed by atoms with Crippen LogP contribution in [0.15, 0.2) is 35.2 Å². The molecule has 5 nitrogen and oxygen atoms in total. The highest BCUT2D eigenvalue weighted by Crippen LogP contribution is 2.33. The van der Waals surface area contributed by atoms with E-state index in [-0.39, 0.29) is 6.10 Å². The SMILES string of the molecule is CCc1cc2c(N3CCOC(c4ccco4)C3)ncnc2s1.